The van der Waals surface area contributed by atoms with E-state index in [2.05, 4.69) is 26.8 Å². The highest BCUT2D eigenvalue weighted by Crippen LogP contribution is 2.66. The third-order valence-electron chi connectivity index (χ3n) is 9.60. The highest BCUT2D eigenvalue weighted by molar-refractivity contribution is 5.81. The van der Waals surface area contributed by atoms with E-state index in [1.807, 2.05) is 6.08 Å². The second-order valence-corrected chi connectivity index (χ2v) is 10.7. The smallest absolute Gasteiger partial charge is 0.330 e. The van der Waals surface area contributed by atoms with Crippen LogP contribution in [-0.2, 0) is 9.53 Å². The van der Waals surface area contributed by atoms with Crippen LogP contribution in [0.15, 0.2) is 23.8 Å². The lowest BCUT2D eigenvalue weighted by atomic mass is 9.44. The van der Waals surface area contributed by atoms with Crippen LogP contribution in [0, 0.1) is 40.4 Å². The van der Waals surface area contributed by atoms with Crippen LogP contribution < -0.4 is 0 Å². The van der Waals surface area contributed by atoms with E-state index in [0.29, 0.717) is 23.7 Å². The summed E-state index contributed by atoms with van der Waals surface area (Å²) < 4.78 is 4.74. The van der Waals surface area contributed by atoms with Crippen molar-refractivity contribution in [3.05, 3.63) is 23.8 Å². The van der Waals surface area contributed by atoms with E-state index >= 15 is 0 Å². The van der Waals surface area contributed by atoms with Crippen molar-refractivity contribution in [2.24, 2.45) is 40.4 Å². The van der Waals surface area contributed by atoms with Gasteiger partial charge in [-0.1, -0.05) is 38.5 Å². The number of carbonyl (C=O) groups excluding carboxylic acids is 1. The zero-order chi connectivity index (χ0) is 21.0. The van der Waals surface area contributed by atoms with Crippen LogP contribution in [0.3, 0.4) is 0 Å². The maximum absolute atomic E-state index is 11.5. The molecule has 4 aliphatic carbocycles. The molecule has 0 bridgehead atoms. The number of fused-ring (bicyclic) bond motifs is 5. The number of hydrogen-bond acceptors (Lipinski definition) is 4. The minimum Gasteiger partial charge on any atom is -0.466 e. The van der Waals surface area contributed by atoms with Crippen LogP contribution in [0.25, 0.3) is 0 Å². The van der Waals surface area contributed by atoms with Crippen molar-refractivity contribution in [2.75, 3.05) is 7.11 Å². The Morgan fingerprint density at radius 3 is 2.69 bits per heavy atom. The summed E-state index contributed by atoms with van der Waals surface area (Å²) in [6.45, 7) is 6.83. The fourth-order valence-electron chi connectivity index (χ4n) is 7.89. The number of hydrogen-bond donors (Lipinski definition) is 2. The predicted octanol–water partition coefficient (Wildman–Crippen LogP) is 4.26. The van der Waals surface area contributed by atoms with Crippen molar-refractivity contribution in [1.29, 1.82) is 0 Å². The molecule has 4 heteroatoms. The second kappa shape index (κ2) is 7.53. The summed E-state index contributed by atoms with van der Waals surface area (Å²) in [6.07, 6.45) is 12.6. The van der Waals surface area contributed by atoms with Gasteiger partial charge >= 0.3 is 5.97 Å². The maximum Gasteiger partial charge on any atom is 0.330 e. The van der Waals surface area contributed by atoms with Crippen LogP contribution in [0.1, 0.15) is 65.7 Å². The average molecular weight is 403 g/mol. The topological polar surface area (TPSA) is 66.8 Å². The van der Waals surface area contributed by atoms with Crippen molar-refractivity contribution in [1.82, 2.24) is 0 Å². The van der Waals surface area contributed by atoms with Crippen LogP contribution >= 0.6 is 0 Å². The van der Waals surface area contributed by atoms with E-state index in [1.165, 1.54) is 31.6 Å². The molecule has 0 saturated heterocycles. The Hall–Kier alpha value is -1.13. The number of allylic oxidation sites excluding steroid dienone is 2. The van der Waals surface area contributed by atoms with E-state index in [0.717, 1.165) is 32.1 Å². The van der Waals surface area contributed by atoms with Crippen molar-refractivity contribution in [3.8, 4) is 0 Å². The molecule has 0 aromatic carbocycles. The van der Waals surface area contributed by atoms with Crippen molar-refractivity contribution in [3.63, 3.8) is 0 Å². The van der Waals surface area contributed by atoms with Crippen molar-refractivity contribution < 1.29 is 19.7 Å². The third kappa shape index (κ3) is 3.22. The fraction of sp³-hybridized carbons (Fsp3) is 0.800. The lowest BCUT2D eigenvalue weighted by Gasteiger charge is -2.62. The Morgan fingerprint density at radius 2 is 1.97 bits per heavy atom. The zero-order valence-corrected chi connectivity index (χ0v) is 18.4. The Kier molecular flexibility index (Phi) is 5.48. The molecule has 0 aromatic heterocycles. The highest BCUT2D eigenvalue weighted by atomic mass is 16.5. The quantitative estimate of drug-likeness (QED) is 0.420. The molecule has 4 aliphatic rings. The molecule has 9 unspecified atom stereocenters. The number of aliphatic hydroxyl groups is 2. The monoisotopic (exact) mass is 402 g/mol. The van der Waals surface area contributed by atoms with E-state index in [4.69, 9.17) is 4.74 Å². The zero-order valence-electron chi connectivity index (χ0n) is 18.4. The first kappa shape index (κ1) is 21.1. The summed E-state index contributed by atoms with van der Waals surface area (Å²) in [5.74, 6) is 2.06. The summed E-state index contributed by atoms with van der Waals surface area (Å²) in [5, 5.41) is 21.7. The normalized spacial score (nSPS) is 47.7. The molecule has 29 heavy (non-hydrogen) atoms. The minimum atomic E-state index is -0.348. The first-order chi connectivity index (χ1) is 13.7. The number of methoxy groups -OCH3 is 1. The molecule has 4 rings (SSSR count). The van der Waals surface area contributed by atoms with Gasteiger partial charge in [0.2, 0.25) is 0 Å². The largest absolute Gasteiger partial charge is 0.466 e. The molecule has 2 N–H and O–H groups in total. The molecule has 3 saturated carbocycles. The fourth-order valence-corrected chi connectivity index (χ4v) is 7.89. The van der Waals surface area contributed by atoms with Crippen LogP contribution in [-0.4, -0.2) is 35.5 Å². The summed E-state index contributed by atoms with van der Waals surface area (Å²) in [7, 11) is 1.40. The van der Waals surface area contributed by atoms with Crippen LogP contribution in [0.2, 0.25) is 0 Å². The number of ether oxygens (including phenoxy) is 1. The van der Waals surface area contributed by atoms with E-state index in [1.54, 1.807) is 0 Å². The van der Waals surface area contributed by atoms with E-state index < -0.39 is 0 Å². The van der Waals surface area contributed by atoms with Gasteiger partial charge in [-0.15, -0.1) is 0 Å². The standard InChI is InChI=1S/C25H38O4/c1-15(5-10-23(28)29-4)19-8-9-20-18-7-6-16-13-17(26)11-12-24(16,2)21(18)14-22(27)25(19,20)3/h5,8,10,15-18,20-22,26-27H,6-7,9,11-14H2,1-4H3. The summed E-state index contributed by atoms with van der Waals surface area (Å²) in [6, 6.07) is 0. The van der Waals surface area contributed by atoms with Gasteiger partial charge in [-0.05, 0) is 80.0 Å². The molecule has 0 heterocycles. The SMILES string of the molecule is COC(=O)C=CC(C)C1=CCC2C3CCC4CC(O)CCC4(C)C3CC(O)C12C. The number of carbonyl (C=O) groups is 1. The molecule has 0 aliphatic heterocycles. The van der Waals surface area contributed by atoms with Crippen LogP contribution in [0.5, 0.6) is 0 Å². The lowest BCUT2D eigenvalue weighted by molar-refractivity contribution is -0.156. The third-order valence-corrected chi connectivity index (χ3v) is 9.60. The summed E-state index contributed by atoms with van der Waals surface area (Å²) in [5.41, 5.74) is 1.34. The number of rotatable bonds is 3. The van der Waals surface area contributed by atoms with Gasteiger partial charge in [-0.2, -0.15) is 0 Å². The van der Waals surface area contributed by atoms with Gasteiger partial charge < -0.3 is 14.9 Å². The first-order valence-electron chi connectivity index (χ1n) is 11.5. The average Bonchev–Trinajstić information content (AvgIpc) is 3.06. The van der Waals surface area contributed by atoms with Crippen LogP contribution in [0.4, 0.5) is 0 Å². The summed E-state index contributed by atoms with van der Waals surface area (Å²) >= 11 is 0. The molecule has 0 amide bonds. The Morgan fingerprint density at radius 1 is 1.21 bits per heavy atom. The Labute approximate surface area is 175 Å². The number of esters is 1. The molecular formula is C25H38O4. The van der Waals surface area contributed by atoms with E-state index in [9.17, 15) is 15.0 Å². The number of aliphatic hydroxyl groups excluding tert-OH is 2. The van der Waals surface area contributed by atoms with Crippen molar-refractivity contribution in [2.45, 2.75) is 77.9 Å². The molecule has 0 radical (unpaired) electrons. The second-order valence-electron chi connectivity index (χ2n) is 10.7. The van der Waals surface area contributed by atoms with Gasteiger partial charge in [-0.3, -0.25) is 0 Å². The van der Waals surface area contributed by atoms with Gasteiger partial charge in [0.1, 0.15) is 0 Å². The van der Waals surface area contributed by atoms with Crippen molar-refractivity contribution >= 4 is 5.97 Å². The lowest BCUT2D eigenvalue weighted by Crippen LogP contribution is -2.58. The Balaban J connectivity index is 1.58. The minimum absolute atomic E-state index is 0.118. The molecule has 9 atom stereocenters. The van der Waals surface area contributed by atoms with Gasteiger partial charge in [-0.25, -0.2) is 4.79 Å². The molecule has 162 valence electrons. The first-order valence-corrected chi connectivity index (χ1v) is 11.5. The van der Waals surface area contributed by atoms with E-state index in [-0.39, 0.29) is 34.9 Å². The van der Waals surface area contributed by atoms with Gasteiger partial charge in [0, 0.05) is 11.5 Å². The molecule has 4 nitrogen and oxygen atoms in total. The molecule has 3 fully saturated rings. The highest BCUT2D eigenvalue weighted by Gasteiger charge is 2.61. The maximum atomic E-state index is 11.5. The van der Waals surface area contributed by atoms with Gasteiger partial charge in [0.25, 0.3) is 0 Å². The molecule has 0 spiro atoms. The van der Waals surface area contributed by atoms with Gasteiger partial charge in [0.05, 0.1) is 19.3 Å². The molecule has 0 aromatic rings. The van der Waals surface area contributed by atoms with Gasteiger partial charge in [0.15, 0.2) is 0 Å². The molecular weight excluding hydrogens is 364 g/mol. The predicted molar refractivity (Wildman–Crippen MR) is 113 cm³/mol. The summed E-state index contributed by atoms with van der Waals surface area (Å²) in [4.78, 5) is 11.5. The Bertz CT molecular complexity index is 712.